The van der Waals surface area contributed by atoms with Crippen molar-refractivity contribution >= 4 is 28.2 Å². The van der Waals surface area contributed by atoms with Crippen LogP contribution in [0.15, 0.2) is 54.7 Å². The van der Waals surface area contributed by atoms with E-state index in [1.165, 1.54) is 11.1 Å². The molecule has 1 unspecified atom stereocenters. The van der Waals surface area contributed by atoms with Crippen LogP contribution in [-0.4, -0.2) is 17.4 Å². The van der Waals surface area contributed by atoms with Crippen molar-refractivity contribution in [3.8, 4) is 0 Å². The van der Waals surface area contributed by atoms with E-state index in [0.717, 1.165) is 28.8 Å². The number of nitrogens with one attached hydrogen (secondary N) is 2. The predicted octanol–water partition coefficient (Wildman–Crippen LogP) is 4.08. The molecule has 1 amide bonds. The third-order valence-corrected chi connectivity index (χ3v) is 4.62. The van der Waals surface area contributed by atoms with Gasteiger partial charge in [-0.05, 0) is 30.2 Å². The van der Waals surface area contributed by atoms with Gasteiger partial charge in [-0.2, -0.15) is 0 Å². The summed E-state index contributed by atoms with van der Waals surface area (Å²) in [5.41, 5.74) is 5.37. The monoisotopic (exact) mass is 317 g/mol. The molecule has 1 aliphatic rings. The number of aromatic nitrogens is 1. The van der Waals surface area contributed by atoms with E-state index in [2.05, 4.69) is 40.7 Å². The van der Waals surface area contributed by atoms with E-state index in [-0.39, 0.29) is 11.8 Å². The molecule has 3 aromatic rings. The van der Waals surface area contributed by atoms with E-state index in [1.54, 1.807) is 0 Å². The molecule has 0 fully saturated rings. The lowest BCUT2D eigenvalue weighted by Gasteiger charge is -2.26. The summed E-state index contributed by atoms with van der Waals surface area (Å²) in [4.78, 5) is 16.4. The number of anilines is 2. The van der Waals surface area contributed by atoms with Gasteiger partial charge in [-0.3, -0.25) is 9.78 Å². The summed E-state index contributed by atoms with van der Waals surface area (Å²) in [5, 5.41) is 7.59. The molecule has 1 atom stereocenters. The molecule has 2 N–H and O–H groups in total. The van der Waals surface area contributed by atoms with E-state index in [0.29, 0.717) is 6.42 Å². The van der Waals surface area contributed by atoms with Crippen molar-refractivity contribution in [1.29, 1.82) is 0 Å². The molecule has 120 valence electrons. The minimum atomic E-state index is 0.0796. The van der Waals surface area contributed by atoms with Crippen molar-refractivity contribution in [3.63, 3.8) is 0 Å². The second-order valence-electron chi connectivity index (χ2n) is 6.25. The number of benzene rings is 2. The molecule has 0 saturated heterocycles. The Bertz CT molecular complexity index is 920. The number of fused-ring (bicyclic) bond motifs is 2. The van der Waals surface area contributed by atoms with Crippen LogP contribution in [0.5, 0.6) is 0 Å². The number of hydrogen-bond acceptors (Lipinski definition) is 3. The van der Waals surface area contributed by atoms with Gasteiger partial charge in [0.2, 0.25) is 5.91 Å². The average molecular weight is 317 g/mol. The third kappa shape index (κ3) is 2.60. The predicted molar refractivity (Wildman–Crippen MR) is 97.4 cm³/mol. The van der Waals surface area contributed by atoms with Gasteiger partial charge in [-0.1, -0.05) is 36.4 Å². The normalized spacial score (nSPS) is 16.5. The Morgan fingerprint density at radius 1 is 1.17 bits per heavy atom. The van der Waals surface area contributed by atoms with E-state index in [1.807, 2.05) is 36.5 Å². The summed E-state index contributed by atoms with van der Waals surface area (Å²) in [6.07, 6.45) is 2.34. The molecule has 0 aliphatic carbocycles. The number of para-hydroxylation sites is 2. The van der Waals surface area contributed by atoms with Crippen LogP contribution in [-0.2, 0) is 4.79 Å². The maximum absolute atomic E-state index is 12.0. The molecule has 0 radical (unpaired) electrons. The van der Waals surface area contributed by atoms with Crippen LogP contribution < -0.4 is 10.6 Å². The van der Waals surface area contributed by atoms with Crippen molar-refractivity contribution in [3.05, 3.63) is 65.9 Å². The van der Waals surface area contributed by atoms with Gasteiger partial charge >= 0.3 is 0 Å². The summed E-state index contributed by atoms with van der Waals surface area (Å²) in [7, 11) is 0. The van der Waals surface area contributed by atoms with Crippen LogP contribution in [0.4, 0.5) is 11.4 Å². The number of hydrogen-bond donors (Lipinski definition) is 2. The number of pyridine rings is 1. The number of carbonyl (C=O) groups excluding carboxylic acids is 1. The number of amides is 1. The third-order valence-electron chi connectivity index (χ3n) is 4.62. The molecule has 0 saturated carbocycles. The highest BCUT2D eigenvalue weighted by molar-refractivity contribution is 5.95. The van der Waals surface area contributed by atoms with Gasteiger partial charge in [0.1, 0.15) is 0 Å². The maximum atomic E-state index is 12.0. The first-order valence-corrected chi connectivity index (χ1v) is 8.19. The van der Waals surface area contributed by atoms with Gasteiger partial charge < -0.3 is 10.6 Å². The van der Waals surface area contributed by atoms with Gasteiger partial charge in [0.15, 0.2) is 0 Å². The van der Waals surface area contributed by atoms with E-state index >= 15 is 0 Å². The fraction of sp³-hybridized carbons (Fsp3) is 0.200. The molecule has 0 spiro atoms. The van der Waals surface area contributed by atoms with Crippen molar-refractivity contribution in [2.75, 3.05) is 17.2 Å². The van der Waals surface area contributed by atoms with Crippen molar-refractivity contribution in [2.45, 2.75) is 19.3 Å². The number of rotatable bonds is 3. The Kier molecular flexibility index (Phi) is 3.65. The Hall–Kier alpha value is -2.88. The highest BCUT2D eigenvalue weighted by Crippen LogP contribution is 2.32. The van der Waals surface area contributed by atoms with Gasteiger partial charge in [0, 0.05) is 41.8 Å². The fourth-order valence-electron chi connectivity index (χ4n) is 3.40. The molecular formula is C20H19N3O. The first-order chi connectivity index (χ1) is 11.7. The van der Waals surface area contributed by atoms with E-state index in [4.69, 9.17) is 0 Å². The van der Waals surface area contributed by atoms with Crippen molar-refractivity contribution < 1.29 is 4.79 Å². The Morgan fingerprint density at radius 2 is 2.04 bits per heavy atom. The molecule has 0 bridgehead atoms. The van der Waals surface area contributed by atoms with Crippen LogP contribution in [0.2, 0.25) is 0 Å². The lowest BCUT2D eigenvalue weighted by Crippen LogP contribution is -2.26. The second-order valence-corrected chi connectivity index (χ2v) is 6.25. The van der Waals surface area contributed by atoms with Gasteiger partial charge in [-0.15, -0.1) is 0 Å². The highest BCUT2D eigenvalue weighted by atomic mass is 16.1. The number of nitrogens with zero attached hydrogens (tertiary/aromatic N) is 1. The Labute approximate surface area is 140 Å². The van der Waals surface area contributed by atoms with Crippen LogP contribution >= 0.6 is 0 Å². The van der Waals surface area contributed by atoms with Gasteiger partial charge in [0.25, 0.3) is 0 Å². The largest absolute Gasteiger partial charge is 0.384 e. The molecular weight excluding hydrogens is 298 g/mol. The minimum absolute atomic E-state index is 0.0796. The molecule has 4 heteroatoms. The summed E-state index contributed by atoms with van der Waals surface area (Å²) in [5.74, 6) is 0.249. The zero-order chi connectivity index (χ0) is 16.5. The molecule has 1 aliphatic heterocycles. The summed E-state index contributed by atoms with van der Waals surface area (Å²) in [6, 6.07) is 16.2. The van der Waals surface area contributed by atoms with Crippen LogP contribution in [0.3, 0.4) is 0 Å². The highest BCUT2D eigenvalue weighted by Gasteiger charge is 2.24. The second kappa shape index (κ2) is 5.96. The van der Waals surface area contributed by atoms with Crippen LogP contribution in [0, 0.1) is 6.92 Å². The average Bonchev–Trinajstić information content (AvgIpc) is 2.60. The standard InChI is InChI=1S/C20H19N3O/c1-13-5-4-7-16-17(9-10-21-20(13)16)22-12-14-11-19(24)23-18-8-3-2-6-15(14)18/h2-10,14H,11-12H2,1H3,(H,21,22)(H,23,24). The molecule has 4 nitrogen and oxygen atoms in total. The van der Waals surface area contributed by atoms with E-state index in [9.17, 15) is 4.79 Å². The number of aryl methyl sites for hydroxylation is 1. The van der Waals surface area contributed by atoms with Gasteiger partial charge in [-0.25, -0.2) is 0 Å². The summed E-state index contributed by atoms with van der Waals surface area (Å²) < 4.78 is 0. The van der Waals surface area contributed by atoms with E-state index < -0.39 is 0 Å². The van der Waals surface area contributed by atoms with Crippen molar-refractivity contribution in [1.82, 2.24) is 4.98 Å². The van der Waals surface area contributed by atoms with Gasteiger partial charge in [0.05, 0.1) is 5.52 Å². The molecule has 1 aromatic heterocycles. The zero-order valence-electron chi connectivity index (χ0n) is 13.5. The first kappa shape index (κ1) is 14.7. The van der Waals surface area contributed by atoms with Crippen molar-refractivity contribution in [2.24, 2.45) is 0 Å². The molecule has 24 heavy (non-hydrogen) atoms. The maximum Gasteiger partial charge on any atom is 0.225 e. The lowest BCUT2D eigenvalue weighted by molar-refractivity contribution is -0.116. The Balaban J connectivity index is 1.62. The smallest absolute Gasteiger partial charge is 0.225 e. The molecule has 2 aromatic carbocycles. The lowest BCUT2D eigenvalue weighted by atomic mass is 9.90. The Morgan fingerprint density at radius 3 is 2.96 bits per heavy atom. The fourth-order valence-corrected chi connectivity index (χ4v) is 3.40. The topological polar surface area (TPSA) is 54.0 Å². The zero-order valence-corrected chi connectivity index (χ0v) is 13.5. The minimum Gasteiger partial charge on any atom is -0.384 e. The van der Waals surface area contributed by atoms with Crippen LogP contribution in [0.1, 0.15) is 23.5 Å². The quantitative estimate of drug-likeness (QED) is 0.765. The SMILES string of the molecule is Cc1cccc2c(NCC3CC(=O)Nc4ccccc43)ccnc12. The van der Waals surface area contributed by atoms with Crippen LogP contribution in [0.25, 0.3) is 10.9 Å². The molecule has 2 heterocycles. The molecule has 4 rings (SSSR count). The summed E-state index contributed by atoms with van der Waals surface area (Å²) >= 11 is 0. The summed E-state index contributed by atoms with van der Waals surface area (Å²) in [6.45, 7) is 2.79. The number of carbonyl (C=O) groups is 1. The first-order valence-electron chi connectivity index (χ1n) is 8.19.